The number of halogens is 6. The highest BCUT2D eigenvalue weighted by Gasteiger charge is 2.60. The fourth-order valence-corrected chi connectivity index (χ4v) is 3.22. The Morgan fingerprint density at radius 1 is 1.27 bits per heavy atom. The van der Waals surface area contributed by atoms with Gasteiger partial charge >= 0.3 is 6.43 Å². The first-order valence-electron chi connectivity index (χ1n) is 8.75. The normalized spacial score (nSPS) is 26.0. The number of benzene rings is 1. The topological polar surface area (TPSA) is 81.5 Å². The van der Waals surface area contributed by atoms with Gasteiger partial charge in [-0.1, -0.05) is 6.07 Å². The minimum Gasteiger partial charge on any atom is -0.443 e. The van der Waals surface area contributed by atoms with Gasteiger partial charge in [-0.25, -0.2) is 22.5 Å². The molecule has 2 aromatic rings. The number of nitrogens with zero attached hydrogens (tertiary/aromatic N) is 2. The summed E-state index contributed by atoms with van der Waals surface area (Å²) in [4.78, 5) is 19.2. The number of aromatic nitrogens is 1. The highest BCUT2D eigenvalue weighted by molar-refractivity contribution is 5.95. The van der Waals surface area contributed by atoms with Gasteiger partial charge < -0.3 is 10.2 Å². The number of amidine groups is 1. The molecule has 0 radical (unpaired) electrons. The summed E-state index contributed by atoms with van der Waals surface area (Å²) in [6.45, 7) is 1.78. The molecule has 30 heavy (non-hydrogen) atoms. The molecule has 5 nitrogen and oxygen atoms in total. The summed E-state index contributed by atoms with van der Waals surface area (Å²) in [5.74, 6) is -7.22. The second kappa shape index (κ2) is 7.13. The van der Waals surface area contributed by atoms with Crippen LogP contribution in [0.25, 0.3) is 0 Å². The Kier molecular flexibility index (Phi) is 5.20. The average Bonchev–Trinajstić information content (AvgIpc) is 3.11. The minimum atomic E-state index is -3.79. The molecule has 1 aromatic heterocycles. The van der Waals surface area contributed by atoms with E-state index in [2.05, 4.69) is 14.4 Å². The summed E-state index contributed by atoms with van der Waals surface area (Å²) in [7, 11) is 0. The van der Waals surface area contributed by atoms with E-state index in [4.69, 9.17) is 5.73 Å². The molecule has 11 heteroatoms. The van der Waals surface area contributed by atoms with Crippen molar-refractivity contribution in [2.75, 3.05) is 0 Å². The molecule has 2 heterocycles. The highest BCUT2D eigenvalue weighted by Crippen LogP contribution is 2.50. The third-order valence-corrected chi connectivity index (χ3v) is 5.06. The largest absolute Gasteiger partial charge is 0.443 e. The maximum absolute atomic E-state index is 14.8. The molecule has 162 valence electrons. The summed E-state index contributed by atoms with van der Waals surface area (Å²) < 4.78 is 87.9. The Morgan fingerprint density at radius 3 is 2.53 bits per heavy atom. The second-order valence-electron chi connectivity index (χ2n) is 7.43. The first-order valence-corrected chi connectivity index (χ1v) is 8.75. The third kappa shape index (κ3) is 3.68. The fourth-order valence-electron chi connectivity index (χ4n) is 3.22. The SMILES string of the molecule is C[C@@]1(F)CC(F)(F)[C@@](C)(c2cc(CC(=O)c3coc(C(F)F)n3)ccc2F)N=C1N. The minimum absolute atomic E-state index is 0.0948. The summed E-state index contributed by atoms with van der Waals surface area (Å²) >= 11 is 0. The van der Waals surface area contributed by atoms with Gasteiger partial charge in [0.05, 0.1) is 6.42 Å². The molecule has 0 bridgehead atoms. The van der Waals surface area contributed by atoms with Crippen molar-refractivity contribution in [3.05, 3.63) is 53.0 Å². The molecule has 0 fully saturated rings. The molecule has 0 saturated heterocycles. The van der Waals surface area contributed by atoms with E-state index < -0.39 is 65.3 Å². The molecular formula is C19H17F6N3O2. The molecular weight excluding hydrogens is 416 g/mol. The second-order valence-corrected chi connectivity index (χ2v) is 7.43. The summed E-state index contributed by atoms with van der Waals surface area (Å²) in [5, 5.41) is 0. The van der Waals surface area contributed by atoms with Crippen LogP contribution in [0.15, 0.2) is 33.9 Å². The van der Waals surface area contributed by atoms with Crippen LogP contribution < -0.4 is 5.73 Å². The van der Waals surface area contributed by atoms with Crippen molar-refractivity contribution in [1.82, 2.24) is 4.98 Å². The zero-order chi connectivity index (χ0) is 22.5. The van der Waals surface area contributed by atoms with Crippen LogP contribution in [-0.4, -0.2) is 28.2 Å². The van der Waals surface area contributed by atoms with E-state index in [1.807, 2.05) is 0 Å². The van der Waals surface area contributed by atoms with Crippen LogP contribution in [0.1, 0.15) is 54.2 Å². The number of ketones is 1. The predicted molar refractivity (Wildman–Crippen MR) is 93.9 cm³/mol. The van der Waals surface area contributed by atoms with Crippen LogP contribution in [0.3, 0.4) is 0 Å². The number of rotatable bonds is 5. The Bertz CT molecular complexity index is 1020. The number of nitrogens with two attached hydrogens (primary N) is 1. The maximum Gasteiger partial charge on any atom is 0.313 e. The van der Waals surface area contributed by atoms with Crippen LogP contribution >= 0.6 is 0 Å². The van der Waals surface area contributed by atoms with Gasteiger partial charge in [0.25, 0.3) is 11.8 Å². The van der Waals surface area contributed by atoms with Crippen molar-refractivity contribution in [2.24, 2.45) is 10.7 Å². The van der Waals surface area contributed by atoms with Crippen molar-refractivity contribution in [3.8, 4) is 0 Å². The first kappa shape index (κ1) is 21.8. The van der Waals surface area contributed by atoms with Crippen LogP contribution in [0, 0.1) is 5.82 Å². The van der Waals surface area contributed by atoms with Crippen molar-refractivity contribution in [3.63, 3.8) is 0 Å². The van der Waals surface area contributed by atoms with Gasteiger partial charge in [0.2, 0.25) is 0 Å². The smallest absolute Gasteiger partial charge is 0.313 e. The van der Waals surface area contributed by atoms with E-state index in [1.54, 1.807) is 0 Å². The molecule has 1 aliphatic heterocycles. The molecule has 3 rings (SSSR count). The molecule has 1 aromatic carbocycles. The predicted octanol–water partition coefficient (Wildman–Crippen LogP) is 4.52. The lowest BCUT2D eigenvalue weighted by Crippen LogP contribution is -2.56. The average molecular weight is 433 g/mol. The quantitative estimate of drug-likeness (QED) is 0.556. The molecule has 0 saturated carbocycles. The van der Waals surface area contributed by atoms with E-state index in [1.165, 1.54) is 6.07 Å². The van der Waals surface area contributed by atoms with E-state index >= 15 is 0 Å². The van der Waals surface area contributed by atoms with Gasteiger partial charge in [-0.05, 0) is 31.5 Å². The maximum atomic E-state index is 14.8. The Balaban J connectivity index is 1.97. The molecule has 2 atom stereocenters. The molecule has 0 aliphatic carbocycles. The summed E-state index contributed by atoms with van der Waals surface area (Å²) in [5.41, 5.74) is -0.447. The summed E-state index contributed by atoms with van der Waals surface area (Å²) in [6.07, 6.45) is -4.02. The van der Waals surface area contributed by atoms with E-state index in [0.717, 1.165) is 32.2 Å². The summed E-state index contributed by atoms with van der Waals surface area (Å²) in [6, 6.07) is 3.02. The number of Topliss-reactive ketones (excluding diaryl/α,β-unsaturated/α-hetero) is 1. The van der Waals surface area contributed by atoms with Crippen LogP contribution in [0.4, 0.5) is 26.3 Å². The number of alkyl halides is 5. The highest BCUT2D eigenvalue weighted by atomic mass is 19.3. The lowest BCUT2D eigenvalue weighted by Gasteiger charge is -2.42. The zero-order valence-corrected chi connectivity index (χ0v) is 15.9. The number of aliphatic imine (C=N–C) groups is 1. The van der Waals surface area contributed by atoms with Gasteiger partial charge in [0, 0.05) is 12.0 Å². The van der Waals surface area contributed by atoms with Gasteiger partial charge in [-0.2, -0.15) is 8.78 Å². The van der Waals surface area contributed by atoms with Gasteiger partial charge in [-0.3, -0.25) is 9.79 Å². The monoisotopic (exact) mass is 433 g/mol. The van der Waals surface area contributed by atoms with Crippen molar-refractivity contribution in [2.45, 2.75) is 50.2 Å². The number of carbonyl (C=O) groups is 1. The standard InChI is InChI=1S/C19H17F6N3O2/c1-17(23)8-19(24,25)18(2,28-16(17)26)10-5-9(3-4-11(10)20)6-13(29)12-7-30-15(27-12)14(21)22/h3-5,7,14H,6,8H2,1-2H3,(H2,26,28)/t17-,18-/m1/s1. The van der Waals surface area contributed by atoms with Crippen molar-refractivity contribution >= 4 is 11.6 Å². The van der Waals surface area contributed by atoms with Gasteiger partial charge in [0.1, 0.15) is 23.6 Å². The number of hydrogen-bond donors (Lipinski definition) is 1. The van der Waals surface area contributed by atoms with E-state index in [9.17, 15) is 31.1 Å². The van der Waals surface area contributed by atoms with Crippen LogP contribution in [0.5, 0.6) is 0 Å². The third-order valence-electron chi connectivity index (χ3n) is 5.06. The molecule has 1 aliphatic rings. The number of oxazole rings is 1. The molecule has 2 N–H and O–H groups in total. The Morgan fingerprint density at radius 2 is 1.93 bits per heavy atom. The first-order chi connectivity index (χ1) is 13.8. The number of hydrogen-bond acceptors (Lipinski definition) is 5. The lowest BCUT2D eigenvalue weighted by molar-refractivity contribution is -0.106. The van der Waals surface area contributed by atoms with Gasteiger partial charge in [-0.15, -0.1) is 0 Å². The van der Waals surface area contributed by atoms with Crippen LogP contribution in [0.2, 0.25) is 0 Å². The Hall–Kier alpha value is -2.85. The molecule has 0 spiro atoms. The van der Waals surface area contributed by atoms with Crippen molar-refractivity contribution in [1.29, 1.82) is 0 Å². The molecule has 0 unspecified atom stereocenters. The van der Waals surface area contributed by atoms with Gasteiger partial charge in [0.15, 0.2) is 17.0 Å². The van der Waals surface area contributed by atoms with Crippen LogP contribution in [-0.2, 0) is 12.0 Å². The number of carbonyl (C=O) groups excluding carboxylic acids is 1. The molecule has 0 amide bonds. The zero-order valence-electron chi connectivity index (χ0n) is 15.9. The van der Waals surface area contributed by atoms with Crippen molar-refractivity contribution < 1.29 is 35.6 Å². The fraction of sp³-hybridized carbons (Fsp3) is 0.421. The van der Waals surface area contributed by atoms with E-state index in [0.29, 0.717) is 0 Å². The Labute approximate surface area is 167 Å². The van der Waals surface area contributed by atoms with E-state index in [-0.39, 0.29) is 11.3 Å². The lowest BCUT2D eigenvalue weighted by atomic mass is 9.77.